The molecule has 2 aliphatic heterocycles. The number of nitrogens with zero attached hydrogens (tertiary/aromatic N) is 2. The molecular weight excluding hydrogens is 338 g/mol. The molecule has 0 saturated carbocycles. The summed E-state index contributed by atoms with van der Waals surface area (Å²) >= 11 is 0. The lowest BCUT2D eigenvalue weighted by atomic mass is 9.92. The summed E-state index contributed by atoms with van der Waals surface area (Å²) in [6.07, 6.45) is 2.14. The van der Waals surface area contributed by atoms with E-state index in [9.17, 15) is 9.59 Å². The first kappa shape index (κ1) is 19.7. The smallest absolute Gasteiger partial charge is 0.253 e. The van der Waals surface area contributed by atoms with E-state index < -0.39 is 0 Å². The predicted molar refractivity (Wildman–Crippen MR) is 101 cm³/mol. The van der Waals surface area contributed by atoms with Gasteiger partial charge in [0.2, 0.25) is 0 Å². The number of hydrogen-bond donors (Lipinski definition) is 1. The minimum atomic E-state index is -0.0383. The van der Waals surface area contributed by atoms with Crippen LogP contribution in [0.25, 0.3) is 0 Å². The molecule has 0 aliphatic carbocycles. The van der Waals surface area contributed by atoms with Crippen LogP contribution in [0.2, 0.25) is 0 Å². The number of carbonyl (C=O) groups is 2. The minimum absolute atomic E-state index is 0. The lowest BCUT2D eigenvalue weighted by Gasteiger charge is -2.21. The zero-order valence-corrected chi connectivity index (χ0v) is 15.8. The third-order valence-corrected chi connectivity index (χ3v) is 5.48. The van der Waals surface area contributed by atoms with Crippen LogP contribution in [-0.2, 0) is 0 Å². The van der Waals surface area contributed by atoms with Gasteiger partial charge in [0, 0.05) is 37.8 Å². The molecule has 5 nitrogen and oxygen atoms in total. The van der Waals surface area contributed by atoms with Crippen LogP contribution in [0, 0.1) is 11.8 Å². The molecular formula is C19H28ClN3O2. The van der Waals surface area contributed by atoms with Crippen LogP contribution in [0.3, 0.4) is 0 Å². The Kier molecular flexibility index (Phi) is 6.85. The summed E-state index contributed by atoms with van der Waals surface area (Å²) in [5.74, 6) is 1.42. The van der Waals surface area contributed by atoms with E-state index >= 15 is 0 Å². The van der Waals surface area contributed by atoms with Gasteiger partial charge in [0.25, 0.3) is 11.8 Å². The Labute approximate surface area is 156 Å². The topological polar surface area (TPSA) is 52.7 Å². The maximum atomic E-state index is 12.9. The number of likely N-dealkylation sites (tertiary alicyclic amines) is 1. The summed E-state index contributed by atoms with van der Waals surface area (Å²) in [6, 6.07) is 7.15. The average molecular weight is 366 g/mol. The van der Waals surface area contributed by atoms with Crippen molar-refractivity contribution in [3.63, 3.8) is 0 Å². The van der Waals surface area contributed by atoms with Gasteiger partial charge in [-0.2, -0.15) is 0 Å². The molecule has 6 heteroatoms. The second-order valence-electron chi connectivity index (χ2n) is 6.95. The maximum Gasteiger partial charge on any atom is 0.253 e. The van der Waals surface area contributed by atoms with Crippen molar-refractivity contribution in [2.24, 2.45) is 11.8 Å². The molecule has 2 aliphatic rings. The molecule has 1 N–H and O–H groups in total. The second-order valence-corrected chi connectivity index (χ2v) is 6.95. The Balaban J connectivity index is 0.00000225. The van der Waals surface area contributed by atoms with Gasteiger partial charge >= 0.3 is 0 Å². The van der Waals surface area contributed by atoms with E-state index in [-0.39, 0.29) is 24.2 Å². The van der Waals surface area contributed by atoms with Crippen molar-refractivity contribution >= 4 is 24.2 Å². The highest BCUT2D eigenvalue weighted by molar-refractivity contribution is 5.99. The molecule has 138 valence electrons. The first-order chi connectivity index (χ1) is 11.6. The second kappa shape index (κ2) is 8.68. The third kappa shape index (κ3) is 4.33. The number of halogens is 1. The van der Waals surface area contributed by atoms with Crippen molar-refractivity contribution in [1.29, 1.82) is 0 Å². The Bertz CT molecular complexity index is 608. The van der Waals surface area contributed by atoms with E-state index in [1.54, 1.807) is 30.1 Å². The van der Waals surface area contributed by atoms with Gasteiger partial charge in [-0.05, 0) is 62.9 Å². The number of amides is 2. The molecule has 1 aromatic rings. The van der Waals surface area contributed by atoms with Crippen molar-refractivity contribution in [3.8, 4) is 0 Å². The summed E-state index contributed by atoms with van der Waals surface area (Å²) in [5, 5.41) is 3.46. The number of benzene rings is 1. The first-order valence-corrected chi connectivity index (χ1v) is 8.95. The number of hydrogen-bond acceptors (Lipinski definition) is 3. The van der Waals surface area contributed by atoms with Gasteiger partial charge in [0.1, 0.15) is 0 Å². The van der Waals surface area contributed by atoms with Crippen LogP contribution in [0.5, 0.6) is 0 Å². The van der Waals surface area contributed by atoms with Crippen LogP contribution in [0.1, 0.15) is 40.5 Å². The fourth-order valence-electron chi connectivity index (χ4n) is 3.75. The van der Waals surface area contributed by atoms with Crippen molar-refractivity contribution in [3.05, 3.63) is 35.4 Å². The normalized spacial score (nSPS) is 22.6. The zero-order chi connectivity index (χ0) is 17.1. The summed E-state index contributed by atoms with van der Waals surface area (Å²) in [6.45, 7) is 6.39. The van der Waals surface area contributed by atoms with E-state index in [1.807, 2.05) is 17.9 Å². The number of carbonyl (C=O) groups excluding carboxylic acids is 2. The number of nitrogens with one attached hydrogen (secondary N) is 1. The molecule has 2 fully saturated rings. The molecule has 2 amide bonds. The Morgan fingerprint density at radius 1 is 1.16 bits per heavy atom. The maximum absolute atomic E-state index is 12.9. The van der Waals surface area contributed by atoms with Gasteiger partial charge in [-0.1, -0.05) is 6.07 Å². The lowest BCUT2D eigenvalue weighted by Crippen LogP contribution is -2.33. The van der Waals surface area contributed by atoms with Gasteiger partial charge in [-0.15, -0.1) is 12.4 Å². The minimum Gasteiger partial charge on any atom is -0.342 e. The Morgan fingerprint density at radius 2 is 1.76 bits per heavy atom. The zero-order valence-electron chi connectivity index (χ0n) is 15.0. The van der Waals surface area contributed by atoms with Gasteiger partial charge in [0.15, 0.2) is 0 Å². The highest BCUT2D eigenvalue weighted by Gasteiger charge is 2.31. The molecule has 0 aromatic heterocycles. The molecule has 1 aromatic carbocycles. The van der Waals surface area contributed by atoms with Crippen LogP contribution >= 0.6 is 12.4 Å². The summed E-state index contributed by atoms with van der Waals surface area (Å²) < 4.78 is 0. The summed E-state index contributed by atoms with van der Waals surface area (Å²) in [5.41, 5.74) is 1.21. The Hall–Kier alpha value is -1.59. The van der Waals surface area contributed by atoms with Gasteiger partial charge in [-0.3, -0.25) is 9.59 Å². The number of fused-ring (bicyclic) bond motifs is 1. The lowest BCUT2D eigenvalue weighted by molar-refractivity contribution is 0.0758. The summed E-state index contributed by atoms with van der Waals surface area (Å²) in [7, 11) is 1.78. The van der Waals surface area contributed by atoms with Gasteiger partial charge in [0.05, 0.1) is 0 Å². The monoisotopic (exact) mass is 365 g/mol. The van der Waals surface area contributed by atoms with Gasteiger partial charge in [-0.25, -0.2) is 0 Å². The molecule has 25 heavy (non-hydrogen) atoms. The standard InChI is InChI=1S/C19H27N3O2.ClH/c1-3-21(2)18(23)14-5-4-6-15(11-14)19(24)22-9-7-16-12-20-13-17(16)8-10-22;/h4-6,11,16-17,20H,3,7-10,12-13H2,1-2H3;1H/t16-,17+;. The summed E-state index contributed by atoms with van der Waals surface area (Å²) in [4.78, 5) is 28.8. The molecule has 0 unspecified atom stereocenters. The Morgan fingerprint density at radius 3 is 2.36 bits per heavy atom. The SMILES string of the molecule is CCN(C)C(=O)c1cccc(C(=O)N2CC[C@@H]3CNC[C@@H]3CC2)c1.Cl. The van der Waals surface area contributed by atoms with Crippen molar-refractivity contribution < 1.29 is 9.59 Å². The van der Waals surface area contributed by atoms with Gasteiger partial charge < -0.3 is 15.1 Å². The molecule has 0 spiro atoms. The molecule has 3 rings (SSSR count). The number of rotatable bonds is 3. The van der Waals surface area contributed by atoms with Crippen molar-refractivity contribution in [2.75, 3.05) is 39.8 Å². The first-order valence-electron chi connectivity index (χ1n) is 8.95. The molecule has 0 radical (unpaired) electrons. The van der Waals surface area contributed by atoms with Crippen LogP contribution < -0.4 is 5.32 Å². The highest BCUT2D eigenvalue weighted by Crippen LogP contribution is 2.27. The van der Waals surface area contributed by atoms with E-state index in [1.165, 1.54) is 0 Å². The average Bonchev–Trinajstić information content (AvgIpc) is 2.98. The predicted octanol–water partition coefficient (Wildman–Crippen LogP) is 2.27. The molecule has 2 heterocycles. The molecule has 2 atom stereocenters. The largest absolute Gasteiger partial charge is 0.342 e. The van der Waals surface area contributed by atoms with Crippen molar-refractivity contribution in [1.82, 2.24) is 15.1 Å². The van der Waals surface area contributed by atoms with Crippen LogP contribution in [0.15, 0.2) is 24.3 Å². The van der Waals surface area contributed by atoms with Crippen LogP contribution in [0.4, 0.5) is 0 Å². The van der Waals surface area contributed by atoms with E-state index in [2.05, 4.69) is 5.32 Å². The van der Waals surface area contributed by atoms with Crippen molar-refractivity contribution in [2.45, 2.75) is 19.8 Å². The fraction of sp³-hybridized carbons (Fsp3) is 0.579. The highest BCUT2D eigenvalue weighted by atomic mass is 35.5. The molecule has 2 saturated heterocycles. The van der Waals surface area contributed by atoms with E-state index in [4.69, 9.17) is 0 Å². The fourth-order valence-corrected chi connectivity index (χ4v) is 3.75. The quantitative estimate of drug-likeness (QED) is 0.894. The van der Waals surface area contributed by atoms with E-state index in [0.717, 1.165) is 39.0 Å². The van der Waals surface area contributed by atoms with Crippen LogP contribution in [-0.4, -0.2) is 61.4 Å². The molecule has 0 bridgehead atoms. The van der Waals surface area contributed by atoms with E-state index in [0.29, 0.717) is 29.5 Å². The third-order valence-electron chi connectivity index (χ3n) is 5.48.